The summed E-state index contributed by atoms with van der Waals surface area (Å²) in [7, 11) is 1.96. The Bertz CT molecular complexity index is 828. The number of fused-ring (bicyclic) bond motifs is 1. The highest BCUT2D eigenvalue weighted by molar-refractivity contribution is 7.17. The van der Waals surface area contributed by atoms with E-state index in [0.717, 1.165) is 6.54 Å². The maximum Gasteiger partial charge on any atom is 0.271 e. The largest absolute Gasteiger partial charge is 0.390 e. The zero-order valence-corrected chi connectivity index (χ0v) is 13.7. The molecule has 0 saturated carbocycles. The molecule has 0 radical (unpaired) electrons. The van der Waals surface area contributed by atoms with E-state index in [-0.39, 0.29) is 12.1 Å². The van der Waals surface area contributed by atoms with E-state index in [1.54, 1.807) is 0 Å². The third kappa shape index (κ3) is 3.85. The van der Waals surface area contributed by atoms with Crippen molar-refractivity contribution in [2.24, 2.45) is 0 Å². The summed E-state index contributed by atoms with van der Waals surface area (Å²) in [4.78, 5) is 18.6. The summed E-state index contributed by atoms with van der Waals surface area (Å²) >= 11 is 1.38. The molecule has 3 rings (SSSR count). The number of likely N-dealkylation sites (N-methyl/N-ethyl adjacent to an activating group) is 1. The molecule has 5 nitrogen and oxygen atoms in total. The van der Waals surface area contributed by atoms with Gasteiger partial charge < -0.3 is 5.11 Å². The van der Waals surface area contributed by atoms with Crippen LogP contribution in [0.1, 0.15) is 5.56 Å². The molecule has 1 aromatic carbocycles. The molecule has 0 bridgehead atoms. The first-order chi connectivity index (χ1) is 11.1. The first-order valence-corrected chi connectivity index (χ1v) is 8.34. The van der Waals surface area contributed by atoms with Crippen LogP contribution >= 0.6 is 11.3 Å². The Morgan fingerprint density at radius 3 is 2.87 bits per heavy atom. The van der Waals surface area contributed by atoms with Crippen LogP contribution in [-0.4, -0.2) is 39.3 Å². The minimum atomic E-state index is -0.624. The second-order valence-corrected chi connectivity index (χ2v) is 6.59. The Morgan fingerprint density at radius 1 is 1.30 bits per heavy atom. The Morgan fingerprint density at radius 2 is 2.09 bits per heavy atom. The molecule has 1 N–H and O–H groups in total. The molecular weight excluding hydrogens is 310 g/mol. The number of aliphatic hydroxyl groups is 1. The molecule has 120 valence electrons. The average Bonchev–Trinajstić information content (AvgIpc) is 3.00. The molecule has 1 atom stereocenters. The summed E-state index contributed by atoms with van der Waals surface area (Å²) in [5, 5.41) is 12.1. The fourth-order valence-corrected chi connectivity index (χ4v) is 3.41. The topological polar surface area (TPSA) is 58.4 Å². The molecule has 0 amide bonds. The van der Waals surface area contributed by atoms with Crippen LogP contribution in [0.15, 0.2) is 52.9 Å². The van der Waals surface area contributed by atoms with E-state index in [2.05, 4.69) is 17.1 Å². The number of rotatable bonds is 6. The summed E-state index contributed by atoms with van der Waals surface area (Å²) in [6, 6.07) is 11.9. The Kier molecular flexibility index (Phi) is 4.85. The Hall–Kier alpha value is -2.02. The number of hydrogen-bond acceptors (Lipinski definition) is 5. The van der Waals surface area contributed by atoms with Crippen molar-refractivity contribution in [1.29, 1.82) is 0 Å². The minimum Gasteiger partial charge on any atom is -0.390 e. The lowest BCUT2D eigenvalue weighted by molar-refractivity contribution is 0.106. The van der Waals surface area contributed by atoms with Gasteiger partial charge in [0, 0.05) is 13.1 Å². The summed E-state index contributed by atoms with van der Waals surface area (Å²) in [6.45, 7) is 1.50. The van der Waals surface area contributed by atoms with Crippen molar-refractivity contribution in [3.05, 3.63) is 64.0 Å². The van der Waals surface area contributed by atoms with Crippen LogP contribution in [0.4, 0.5) is 0 Å². The molecule has 2 heterocycles. The number of aromatic nitrogens is 2. The zero-order chi connectivity index (χ0) is 16.2. The summed E-state index contributed by atoms with van der Waals surface area (Å²) in [5.41, 5.74) is 1.82. The molecule has 0 unspecified atom stereocenters. The van der Waals surface area contributed by atoms with E-state index in [9.17, 15) is 9.90 Å². The molecule has 0 aliphatic rings. The van der Waals surface area contributed by atoms with E-state index in [1.165, 1.54) is 27.8 Å². The zero-order valence-electron chi connectivity index (χ0n) is 12.9. The second-order valence-electron chi connectivity index (χ2n) is 5.67. The Labute approximate surface area is 138 Å². The first-order valence-electron chi connectivity index (χ1n) is 7.46. The van der Waals surface area contributed by atoms with Gasteiger partial charge in [-0.1, -0.05) is 30.3 Å². The van der Waals surface area contributed by atoms with Gasteiger partial charge in [0.1, 0.15) is 4.70 Å². The van der Waals surface area contributed by atoms with Crippen LogP contribution in [0.25, 0.3) is 10.2 Å². The maximum absolute atomic E-state index is 12.3. The Balaban J connectivity index is 1.63. The monoisotopic (exact) mass is 329 g/mol. The predicted octanol–water partition coefficient (Wildman–Crippen LogP) is 1.95. The molecule has 0 aliphatic heterocycles. The molecule has 0 saturated heterocycles. The summed E-state index contributed by atoms with van der Waals surface area (Å²) in [6.07, 6.45) is 0.887. The van der Waals surface area contributed by atoms with Crippen LogP contribution in [-0.2, 0) is 13.1 Å². The van der Waals surface area contributed by atoms with Crippen LogP contribution < -0.4 is 5.56 Å². The molecular formula is C17H19N3O2S. The van der Waals surface area contributed by atoms with E-state index < -0.39 is 6.10 Å². The quantitative estimate of drug-likeness (QED) is 0.751. The van der Waals surface area contributed by atoms with Gasteiger partial charge in [-0.05, 0) is 24.1 Å². The van der Waals surface area contributed by atoms with Crippen molar-refractivity contribution in [3.8, 4) is 0 Å². The third-order valence-corrected chi connectivity index (χ3v) is 4.55. The lowest BCUT2D eigenvalue weighted by Crippen LogP contribution is -2.34. The molecule has 3 aromatic rings. The van der Waals surface area contributed by atoms with Gasteiger partial charge in [-0.3, -0.25) is 14.3 Å². The summed E-state index contributed by atoms with van der Waals surface area (Å²) < 4.78 is 2.12. The normalized spacial score (nSPS) is 12.8. The van der Waals surface area contributed by atoms with Crippen LogP contribution in [0.3, 0.4) is 0 Å². The highest BCUT2D eigenvalue weighted by Crippen LogP contribution is 2.13. The molecule has 0 spiro atoms. The highest BCUT2D eigenvalue weighted by atomic mass is 32.1. The highest BCUT2D eigenvalue weighted by Gasteiger charge is 2.12. The third-order valence-electron chi connectivity index (χ3n) is 3.66. The van der Waals surface area contributed by atoms with Gasteiger partial charge in [0.05, 0.1) is 24.5 Å². The fraction of sp³-hybridized carbons (Fsp3) is 0.294. The number of hydrogen-bond donors (Lipinski definition) is 1. The standard InChI is InChI=1S/C17H19N3O2S/c1-19(9-13-5-3-2-4-6-13)10-14(21)11-20-12-18-15-7-8-23-16(15)17(20)22/h2-8,12,14,21H,9-11H2,1H3/t14-/m0/s1. The van der Waals surface area contributed by atoms with Crippen molar-refractivity contribution < 1.29 is 5.11 Å². The van der Waals surface area contributed by atoms with Gasteiger partial charge in [0.15, 0.2) is 0 Å². The van der Waals surface area contributed by atoms with Gasteiger partial charge in [0.2, 0.25) is 0 Å². The van der Waals surface area contributed by atoms with Crippen molar-refractivity contribution in [2.75, 3.05) is 13.6 Å². The SMILES string of the molecule is CN(Cc1ccccc1)C[C@H](O)Cn1cnc2ccsc2c1=O. The van der Waals surface area contributed by atoms with E-state index in [0.29, 0.717) is 16.8 Å². The molecule has 2 aromatic heterocycles. The van der Waals surface area contributed by atoms with Crippen molar-refractivity contribution in [1.82, 2.24) is 14.5 Å². The van der Waals surface area contributed by atoms with Crippen molar-refractivity contribution in [3.63, 3.8) is 0 Å². The maximum atomic E-state index is 12.3. The van der Waals surface area contributed by atoms with E-state index >= 15 is 0 Å². The van der Waals surface area contributed by atoms with Crippen LogP contribution in [0.5, 0.6) is 0 Å². The number of nitrogens with zero attached hydrogens (tertiary/aromatic N) is 3. The first kappa shape index (κ1) is 15.9. The summed E-state index contributed by atoms with van der Waals surface area (Å²) in [5.74, 6) is 0. The number of benzene rings is 1. The van der Waals surface area contributed by atoms with Crippen molar-refractivity contribution in [2.45, 2.75) is 19.2 Å². The molecule has 6 heteroatoms. The van der Waals surface area contributed by atoms with Gasteiger partial charge in [-0.25, -0.2) is 4.98 Å². The second kappa shape index (κ2) is 7.04. The smallest absolute Gasteiger partial charge is 0.271 e. The number of thiophene rings is 1. The molecule has 0 fully saturated rings. The molecule has 23 heavy (non-hydrogen) atoms. The minimum absolute atomic E-state index is 0.0882. The van der Waals surface area contributed by atoms with Gasteiger partial charge in [0.25, 0.3) is 5.56 Å². The van der Waals surface area contributed by atoms with Gasteiger partial charge in [-0.2, -0.15) is 0 Å². The average molecular weight is 329 g/mol. The lowest BCUT2D eigenvalue weighted by Gasteiger charge is -2.21. The van der Waals surface area contributed by atoms with Crippen LogP contribution in [0.2, 0.25) is 0 Å². The van der Waals surface area contributed by atoms with E-state index in [1.807, 2.05) is 41.6 Å². The molecule has 0 aliphatic carbocycles. The van der Waals surface area contributed by atoms with Gasteiger partial charge in [-0.15, -0.1) is 11.3 Å². The van der Waals surface area contributed by atoms with E-state index in [4.69, 9.17) is 0 Å². The van der Waals surface area contributed by atoms with Crippen LogP contribution in [0, 0.1) is 0 Å². The predicted molar refractivity (Wildman–Crippen MR) is 92.7 cm³/mol. The number of aliphatic hydroxyl groups excluding tert-OH is 1. The van der Waals surface area contributed by atoms with Gasteiger partial charge >= 0.3 is 0 Å². The lowest BCUT2D eigenvalue weighted by atomic mass is 10.2. The fourth-order valence-electron chi connectivity index (χ4n) is 2.61. The van der Waals surface area contributed by atoms with Crippen molar-refractivity contribution >= 4 is 21.6 Å².